The van der Waals surface area contributed by atoms with Crippen molar-refractivity contribution in [3.8, 4) is 5.75 Å². The molecule has 0 heterocycles. The van der Waals surface area contributed by atoms with Crippen LogP contribution in [0.2, 0.25) is 0 Å². The molecule has 14 heavy (non-hydrogen) atoms. The second-order valence-corrected chi connectivity index (χ2v) is 4.91. The van der Waals surface area contributed by atoms with Crippen LogP contribution in [0.5, 0.6) is 5.75 Å². The van der Waals surface area contributed by atoms with Crippen molar-refractivity contribution in [2.24, 2.45) is 0 Å². The van der Waals surface area contributed by atoms with Crippen LogP contribution in [0.3, 0.4) is 0 Å². The lowest BCUT2D eigenvalue weighted by atomic mass is 10.2. The highest BCUT2D eigenvalue weighted by Gasteiger charge is 2.11. The average molecular weight is 212 g/mol. The molecule has 0 N–H and O–H groups in total. The van der Waals surface area contributed by atoms with Crippen LogP contribution in [0.15, 0.2) is 29.2 Å². The molecule has 2 nitrogen and oxygen atoms in total. The molecule has 0 aliphatic carbocycles. The third-order valence-corrected chi connectivity index (χ3v) is 2.06. The third kappa shape index (κ3) is 4.03. The number of rotatable bonds is 3. The minimum absolute atomic E-state index is 0.143. The molecule has 1 aromatic carbocycles. The fourth-order valence-corrected chi connectivity index (χ4v) is 1.45. The summed E-state index contributed by atoms with van der Waals surface area (Å²) in [4.78, 5) is 1.08. The molecule has 0 saturated carbocycles. The van der Waals surface area contributed by atoms with Gasteiger partial charge in [0.15, 0.2) is 0 Å². The second-order valence-electron chi connectivity index (χ2n) is 3.94. The summed E-state index contributed by atoms with van der Waals surface area (Å²) in [6, 6.07) is 7.86. The Morgan fingerprint density at radius 2 is 1.64 bits per heavy atom. The van der Waals surface area contributed by atoms with Gasteiger partial charge in [0.2, 0.25) is 0 Å². The Kier molecular flexibility index (Phi) is 3.84. The Balaban J connectivity index is 2.64. The second kappa shape index (κ2) is 4.71. The van der Waals surface area contributed by atoms with Crippen molar-refractivity contribution in [1.82, 2.24) is 0 Å². The highest BCUT2D eigenvalue weighted by molar-refractivity contribution is 7.94. The molecule has 0 amide bonds. The molecule has 0 bridgehead atoms. The molecule has 3 heteroatoms. The normalized spacial score (nSPS) is 11.4. The molecule has 0 aromatic heterocycles. The van der Waals surface area contributed by atoms with Gasteiger partial charge in [-0.2, -0.15) is 0 Å². The van der Waals surface area contributed by atoms with Gasteiger partial charge >= 0.3 is 0 Å². The van der Waals surface area contributed by atoms with E-state index < -0.39 is 0 Å². The van der Waals surface area contributed by atoms with Gasteiger partial charge in [-0.05, 0) is 45.0 Å². The molecule has 0 saturated heterocycles. The topological polar surface area (TPSA) is 18.5 Å². The zero-order valence-electron chi connectivity index (χ0n) is 9.03. The predicted molar refractivity (Wildman–Crippen MR) is 59.7 cm³/mol. The van der Waals surface area contributed by atoms with Gasteiger partial charge < -0.3 is 8.92 Å². The quantitative estimate of drug-likeness (QED) is 0.714. The molecule has 1 aromatic rings. The van der Waals surface area contributed by atoms with Crippen LogP contribution < -0.4 is 4.74 Å². The molecule has 0 aliphatic rings. The minimum Gasteiger partial charge on any atom is -0.488 e. The summed E-state index contributed by atoms with van der Waals surface area (Å²) in [6.07, 6.45) is 0. The van der Waals surface area contributed by atoms with Crippen LogP contribution >= 0.6 is 12.0 Å². The first-order valence-electron chi connectivity index (χ1n) is 4.51. The molecule has 0 atom stereocenters. The van der Waals surface area contributed by atoms with E-state index in [9.17, 15) is 0 Å². The Hall–Kier alpha value is -0.670. The van der Waals surface area contributed by atoms with Gasteiger partial charge in [-0.15, -0.1) is 0 Å². The summed E-state index contributed by atoms with van der Waals surface area (Å²) < 4.78 is 10.6. The lowest BCUT2D eigenvalue weighted by Gasteiger charge is -2.21. The smallest absolute Gasteiger partial charge is 0.120 e. The maximum absolute atomic E-state index is 5.68. The van der Waals surface area contributed by atoms with E-state index in [1.54, 1.807) is 7.11 Å². The summed E-state index contributed by atoms with van der Waals surface area (Å²) in [5.74, 6) is 0.887. The first-order chi connectivity index (χ1) is 6.51. The first kappa shape index (κ1) is 11.4. The molecule has 1 rings (SSSR count). The van der Waals surface area contributed by atoms with Crippen molar-refractivity contribution >= 4 is 12.0 Å². The van der Waals surface area contributed by atoms with Crippen LogP contribution in [0.1, 0.15) is 20.8 Å². The van der Waals surface area contributed by atoms with Crippen molar-refractivity contribution in [2.45, 2.75) is 31.3 Å². The summed E-state index contributed by atoms with van der Waals surface area (Å²) in [5.41, 5.74) is -0.143. The number of hydrogen-bond acceptors (Lipinski definition) is 3. The van der Waals surface area contributed by atoms with Gasteiger partial charge in [0.25, 0.3) is 0 Å². The predicted octanol–water partition coefficient (Wildman–Crippen LogP) is 3.52. The van der Waals surface area contributed by atoms with E-state index in [-0.39, 0.29) is 5.60 Å². The first-order valence-corrected chi connectivity index (χ1v) is 5.25. The number of hydrogen-bond donors (Lipinski definition) is 0. The van der Waals surface area contributed by atoms with Crippen LogP contribution in [-0.2, 0) is 4.18 Å². The van der Waals surface area contributed by atoms with Crippen LogP contribution in [0.4, 0.5) is 0 Å². The summed E-state index contributed by atoms with van der Waals surface area (Å²) in [5, 5.41) is 0. The van der Waals surface area contributed by atoms with Gasteiger partial charge in [0, 0.05) is 16.9 Å². The summed E-state index contributed by atoms with van der Waals surface area (Å²) in [7, 11) is 1.66. The van der Waals surface area contributed by atoms with E-state index >= 15 is 0 Å². The average Bonchev–Trinajstić information content (AvgIpc) is 2.06. The summed E-state index contributed by atoms with van der Waals surface area (Å²) >= 11 is 1.35. The fourth-order valence-electron chi connectivity index (χ4n) is 1.01. The highest BCUT2D eigenvalue weighted by atomic mass is 32.2. The monoisotopic (exact) mass is 212 g/mol. The van der Waals surface area contributed by atoms with Gasteiger partial charge in [0.1, 0.15) is 11.4 Å². The standard InChI is InChI=1S/C11H16O2S/c1-11(2,3)13-9-5-7-10(8-6-9)14-12-4/h5-8H,1-4H3. The van der Waals surface area contributed by atoms with Crippen LogP contribution in [0.25, 0.3) is 0 Å². The lowest BCUT2D eigenvalue weighted by molar-refractivity contribution is 0.131. The maximum atomic E-state index is 5.68. The molecule has 0 aliphatic heterocycles. The zero-order chi connectivity index (χ0) is 10.6. The molecule has 0 fully saturated rings. The lowest BCUT2D eigenvalue weighted by Crippen LogP contribution is -2.22. The largest absolute Gasteiger partial charge is 0.488 e. The SMILES string of the molecule is COSc1ccc(OC(C)(C)C)cc1. The Morgan fingerprint density at radius 1 is 1.07 bits per heavy atom. The Bertz CT molecular complexity index is 274. The van der Waals surface area contributed by atoms with Crippen LogP contribution in [-0.4, -0.2) is 12.7 Å². The Morgan fingerprint density at radius 3 is 2.07 bits per heavy atom. The number of ether oxygens (including phenoxy) is 1. The number of benzene rings is 1. The molecular formula is C11H16O2S. The maximum Gasteiger partial charge on any atom is 0.120 e. The zero-order valence-corrected chi connectivity index (χ0v) is 9.85. The summed E-state index contributed by atoms with van der Waals surface area (Å²) in [6.45, 7) is 6.10. The molecule has 78 valence electrons. The van der Waals surface area contributed by atoms with Gasteiger partial charge in [-0.25, -0.2) is 0 Å². The van der Waals surface area contributed by atoms with Gasteiger partial charge in [0.05, 0.1) is 7.11 Å². The van der Waals surface area contributed by atoms with E-state index in [0.29, 0.717) is 0 Å². The van der Waals surface area contributed by atoms with E-state index in [1.807, 2.05) is 45.0 Å². The van der Waals surface area contributed by atoms with E-state index in [4.69, 9.17) is 8.92 Å². The van der Waals surface area contributed by atoms with Gasteiger partial charge in [-0.3, -0.25) is 0 Å². The van der Waals surface area contributed by atoms with E-state index in [2.05, 4.69) is 0 Å². The van der Waals surface area contributed by atoms with Crippen molar-refractivity contribution in [3.05, 3.63) is 24.3 Å². The fraction of sp³-hybridized carbons (Fsp3) is 0.455. The van der Waals surface area contributed by atoms with Crippen molar-refractivity contribution in [2.75, 3.05) is 7.11 Å². The Labute approximate surface area is 89.8 Å². The highest BCUT2D eigenvalue weighted by Crippen LogP contribution is 2.23. The minimum atomic E-state index is -0.143. The third-order valence-electron chi connectivity index (χ3n) is 1.43. The molecule has 0 unspecified atom stereocenters. The molecule has 0 spiro atoms. The van der Waals surface area contributed by atoms with Crippen LogP contribution in [0, 0.1) is 0 Å². The molecular weight excluding hydrogens is 196 g/mol. The van der Waals surface area contributed by atoms with E-state index in [1.165, 1.54) is 12.0 Å². The van der Waals surface area contributed by atoms with E-state index in [0.717, 1.165) is 10.6 Å². The van der Waals surface area contributed by atoms with Crippen molar-refractivity contribution in [3.63, 3.8) is 0 Å². The van der Waals surface area contributed by atoms with Crippen molar-refractivity contribution < 1.29 is 8.92 Å². The van der Waals surface area contributed by atoms with Gasteiger partial charge in [-0.1, -0.05) is 0 Å². The molecule has 0 radical (unpaired) electrons. The van der Waals surface area contributed by atoms with Crippen molar-refractivity contribution in [1.29, 1.82) is 0 Å².